The van der Waals surface area contributed by atoms with Gasteiger partial charge in [0.25, 0.3) is 0 Å². The molecule has 3 rings (SSSR count). The van der Waals surface area contributed by atoms with Crippen LogP contribution in [0, 0.1) is 5.82 Å². The van der Waals surface area contributed by atoms with E-state index >= 15 is 0 Å². The van der Waals surface area contributed by atoms with Crippen molar-refractivity contribution in [1.82, 2.24) is 4.31 Å². The van der Waals surface area contributed by atoms with Crippen LogP contribution in [0.15, 0.2) is 23.1 Å². The zero-order valence-corrected chi connectivity index (χ0v) is 15.6. The minimum Gasteiger partial charge on any atom is -0.478 e. The van der Waals surface area contributed by atoms with E-state index in [1.54, 1.807) is 0 Å². The van der Waals surface area contributed by atoms with E-state index in [1.165, 1.54) is 6.92 Å². The first kappa shape index (κ1) is 20.2. The molecule has 1 spiro atoms. The Balaban J connectivity index is 1.80. The number of hydrogen-bond acceptors (Lipinski definition) is 6. The van der Waals surface area contributed by atoms with Crippen LogP contribution in [0.1, 0.15) is 36.5 Å². The molecule has 0 aliphatic carbocycles. The van der Waals surface area contributed by atoms with Gasteiger partial charge in [0.1, 0.15) is 16.8 Å². The molecule has 0 aromatic heterocycles. The molecule has 0 bridgehead atoms. The van der Waals surface area contributed by atoms with Crippen molar-refractivity contribution in [2.75, 3.05) is 19.7 Å². The lowest BCUT2D eigenvalue weighted by atomic mass is 9.77. The van der Waals surface area contributed by atoms with Gasteiger partial charge in [-0.15, -0.1) is 0 Å². The number of sulfonamides is 1. The first-order chi connectivity index (χ1) is 12.5. The molecule has 2 aliphatic heterocycles. The number of hydrogen-bond donors (Lipinski definition) is 3. The molecule has 2 fully saturated rings. The summed E-state index contributed by atoms with van der Waals surface area (Å²) in [6.45, 7) is 1.53. The summed E-state index contributed by atoms with van der Waals surface area (Å²) < 4.78 is 46.5. The number of carbonyl (C=O) groups is 1. The number of rotatable bonds is 3. The van der Waals surface area contributed by atoms with E-state index < -0.39 is 44.0 Å². The van der Waals surface area contributed by atoms with Crippen LogP contribution in [-0.4, -0.2) is 71.0 Å². The Hall–Kier alpha value is -1.59. The fourth-order valence-electron chi connectivity index (χ4n) is 3.68. The van der Waals surface area contributed by atoms with E-state index in [-0.39, 0.29) is 44.5 Å². The Morgan fingerprint density at radius 1 is 1.33 bits per heavy atom. The zero-order valence-electron chi connectivity index (χ0n) is 14.8. The third kappa shape index (κ3) is 3.72. The second-order valence-corrected chi connectivity index (χ2v) is 9.30. The molecular weight excluding hydrogens is 381 g/mol. The van der Waals surface area contributed by atoms with Gasteiger partial charge in [-0.1, -0.05) is 0 Å². The van der Waals surface area contributed by atoms with Gasteiger partial charge in [0.15, 0.2) is 0 Å². The number of aliphatic hydroxyl groups is 2. The second-order valence-electron chi connectivity index (χ2n) is 7.40. The van der Waals surface area contributed by atoms with Gasteiger partial charge >= 0.3 is 5.97 Å². The van der Waals surface area contributed by atoms with E-state index in [2.05, 4.69) is 0 Å². The SMILES string of the molecule is C[C@]1(O)CC2(CCN(S(=O)(=O)c3cc(C(=O)O)ccc3F)CC2)OC[C@@H]1O. The van der Waals surface area contributed by atoms with Crippen LogP contribution < -0.4 is 0 Å². The molecule has 2 heterocycles. The van der Waals surface area contributed by atoms with E-state index in [0.717, 1.165) is 22.5 Å². The zero-order chi connectivity index (χ0) is 20.0. The number of halogens is 1. The largest absolute Gasteiger partial charge is 0.478 e. The minimum absolute atomic E-state index is 0.0330. The molecule has 0 saturated carbocycles. The van der Waals surface area contributed by atoms with Crippen LogP contribution in [0.25, 0.3) is 0 Å². The first-order valence-corrected chi connectivity index (χ1v) is 9.98. The van der Waals surface area contributed by atoms with Crippen molar-refractivity contribution in [3.63, 3.8) is 0 Å². The summed E-state index contributed by atoms with van der Waals surface area (Å²) >= 11 is 0. The normalized spacial score (nSPS) is 29.0. The van der Waals surface area contributed by atoms with Gasteiger partial charge < -0.3 is 20.1 Å². The van der Waals surface area contributed by atoms with E-state index in [1.807, 2.05) is 0 Å². The molecule has 0 unspecified atom stereocenters. The molecule has 2 aliphatic rings. The Morgan fingerprint density at radius 2 is 1.96 bits per heavy atom. The van der Waals surface area contributed by atoms with Crippen LogP contribution in [0.2, 0.25) is 0 Å². The molecule has 2 atom stereocenters. The molecule has 0 radical (unpaired) electrons. The lowest BCUT2D eigenvalue weighted by Gasteiger charge is -2.49. The quantitative estimate of drug-likeness (QED) is 0.674. The number of piperidine rings is 1. The predicted molar refractivity (Wildman–Crippen MR) is 91.3 cm³/mol. The molecule has 0 amide bonds. The van der Waals surface area contributed by atoms with Crippen molar-refractivity contribution in [3.05, 3.63) is 29.6 Å². The van der Waals surface area contributed by atoms with Gasteiger partial charge in [-0.3, -0.25) is 0 Å². The monoisotopic (exact) mass is 403 g/mol. The number of ether oxygens (including phenoxy) is 1. The summed E-state index contributed by atoms with van der Waals surface area (Å²) in [4.78, 5) is 10.4. The van der Waals surface area contributed by atoms with Crippen molar-refractivity contribution >= 4 is 16.0 Å². The lowest BCUT2D eigenvalue weighted by molar-refractivity contribution is -0.220. The van der Waals surface area contributed by atoms with Gasteiger partial charge in [-0.05, 0) is 38.0 Å². The first-order valence-electron chi connectivity index (χ1n) is 8.54. The lowest BCUT2D eigenvalue weighted by Crippen LogP contribution is -2.59. The third-order valence-corrected chi connectivity index (χ3v) is 7.29. The smallest absolute Gasteiger partial charge is 0.335 e. The standard InChI is InChI=1S/C17H22FNO7S/c1-16(23)10-17(26-9-14(16)20)4-6-19(7-5-17)27(24,25)13-8-11(15(21)22)2-3-12(13)18/h2-3,8,14,20,23H,4-7,9-10H2,1H3,(H,21,22)/t14-,16-/m0/s1. The van der Waals surface area contributed by atoms with Crippen molar-refractivity contribution in [3.8, 4) is 0 Å². The van der Waals surface area contributed by atoms with Gasteiger partial charge in [0.2, 0.25) is 10.0 Å². The summed E-state index contributed by atoms with van der Waals surface area (Å²) in [5.41, 5.74) is -2.40. The molecule has 27 heavy (non-hydrogen) atoms. The van der Waals surface area contributed by atoms with Crippen molar-refractivity contribution in [1.29, 1.82) is 0 Å². The molecule has 8 nitrogen and oxygen atoms in total. The van der Waals surface area contributed by atoms with Crippen LogP contribution in [0.4, 0.5) is 4.39 Å². The highest BCUT2D eigenvalue weighted by Gasteiger charge is 2.49. The van der Waals surface area contributed by atoms with Crippen LogP contribution in [0.5, 0.6) is 0 Å². The molecule has 2 saturated heterocycles. The average molecular weight is 403 g/mol. The maximum Gasteiger partial charge on any atom is 0.335 e. The summed E-state index contributed by atoms with van der Waals surface area (Å²) in [5.74, 6) is -2.36. The molecule has 150 valence electrons. The highest BCUT2D eigenvalue weighted by molar-refractivity contribution is 7.89. The van der Waals surface area contributed by atoms with Crippen molar-refractivity contribution in [2.24, 2.45) is 0 Å². The summed E-state index contributed by atoms with van der Waals surface area (Å²) in [7, 11) is -4.22. The third-order valence-electron chi connectivity index (χ3n) is 5.37. The molecular formula is C17H22FNO7S. The Kier molecular flexibility index (Phi) is 5.06. The fourth-order valence-corrected chi connectivity index (χ4v) is 5.22. The number of aliphatic hydroxyl groups excluding tert-OH is 1. The number of carboxylic acid groups (broad SMARTS) is 1. The molecule has 1 aromatic carbocycles. The molecule has 1 aromatic rings. The summed E-state index contributed by atoms with van der Waals surface area (Å²) in [6, 6.07) is 2.64. The highest BCUT2D eigenvalue weighted by atomic mass is 32.2. The molecule has 10 heteroatoms. The van der Waals surface area contributed by atoms with Crippen LogP contribution >= 0.6 is 0 Å². The average Bonchev–Trinajstić information content (AvgIpc) is 2.58. The van der Waals surface area contributed by atoms with Crippen molar-refractivity contribution < 1.29 is 37.7 Å². The minimum atomic E-state index is -4.22. The van der Waals surface area contributed by atoms with E-state index in [0.29, 0.717) is 0 Å². The second kappa shape index (κ2) is 6.78. The van der Waals surface area contributed by atoms with E-state index in [4.69, 9.17) is 9.84 Å². The van der Waals surface area contributed by atoms with Gasteiger partial charge in [-0.25, -0.2) is 17.6 Å². The Bertz CT molecular complexity index is 847. The molecule has 3 N–H and O–H groups in total. The van der Waals surface area contributed by atoms with Gasteiger partial charge in [0.05, 0.1) is 23.4 Å². The summed E-state index contributed by atoms with van der Waals surface area (Å²) in [5, 5.41) is 29.1. The highest BCUT2D eigenvalue weighted by Crippen LogP contribution is 2.40. The maximum absolute atomic E-state index is 14.1. The Morgan fingerprint density at radius 3 is 2.52 bits per heavy atom. The van der Waals surface area contributed by atoms with Gasteiger partial charge in [-0.2, -0.15) is 4.31 Å². The van der Waals surface area contributed by atoms with Gasteiger partial charge in [0, 0.05) is 19.5 Å². The van der Waals surface area contributed by atoms with E-state index in [9.17, 15) is 27.8 Å². The number of aromatic carboxylic acids is 1. The number of carboxylic acids is 1. The summed E-state index contributed by atoms with van der Waals surface area (Å²) in [6.07, 6.45) is -0.305. The predicted octanol–water partition coefficient (Wildman–Crippen LogP) is 0.579. The number of benzene rings is 1. The topological polar surface area (TPSA) is 124 Å². The van der Waals surface area contributed by atoms with Crippen LogP contribution in [0.3, 0.4) is 0 Å². The maximum atomic E-state index is 14.1. The van der Waals surface area contributed by atoms with Crippen molar-refractivity contribution in [2.45, 2.75) is 48.4 Å². The van der Waals surface area contributed by atoms with Crippen LogP contribution in [-0.2, 0) is 14.8 Å². The number of nitrogens with zero attached hydrogens (tertiary/aromatic N) is 1. The fraction of sp³-hybridized carbons (Fsp3) is 0.588. The Labute approximate surface area is 156 Å².